The fourth-order valence-corrected chi connectivity index (χ4v) is 5.02. The summed E-state index contributed by atoms with van der Waals surface area (Å²) in [6.07, 6.45) is -0.761. The normalized spacial score (nSPS) is 13.3. The maximum atomic E-state index is 10.7. The van der Waals surface area contributed by atoms with Gasteiger partial charge in [0, 0.05) is 45.8 Å². The van der Waals surface area contributed by atoms with Crippen molar-refractivity contribution < 1.29 is 9.84 Å². The molecule has 4 aromatic carbocycles. The minimum atomic E-state index is -0.583. The van der Waals surface area contributed by atoms with Gasteiger partial charge in [0.2, 0.25) is 0 Å². The van der Waals surface area contributed by atoms with Crippen LogP contribution >= 0.6 is 0 Å². The lowest BCUT2D eigenvalue weighted by Crippen LogP contribution is -2.39. The zero-order chi connectivity index (χ0) is 26.3. The molecule has 0 aliphatic carbocycles. The minimum Gasteiger partial charge on any atom is -0.389 e. The number of hydrogen-bond acceptors (Lipinski definition) is 4. The number of aliphatic hydroxyl groups excluding tert-OH is 1. The molecular weight excluding hydrogens is 470 g/mol. The molecule has 0 fully saturated rings. The fraction of sp³-hybridized carbons (Fsp3) is 0.273. The largest absolute Gasteiger partial charge is 0.389 e. The second-order valence-corrected chi connectivity index (χ2v) is 10.1. The molecule has 38 heavy (non-hydrogen) atoms. The van der Waals surface area contributed by atoms with Crippen molar-refractivity contribution in [2.45, 2.75) is 38.6 Å². The Hall–Kier alpha value is -3.64. The van der Waals surface area contributed by atoms with Crippen LogP contribution in [0.4, 0.5) is 11.4 Å². The van der Waals surface area contributed by atoms with E-state index >= 15 is 0 Å². The molecule has 196 valence electrons. The van der Waals surface area contributed by atoms with Crippen molar-refractivity contribution in [3.05, 3.63) is 109 Å². The van der Waals surface area contributed by atoms with E-state index in [1.165, 1.54) is 21.8 Å². The number of hydrogen-bond donors (Lipinski definition) is 2. The number of rotatable bonds is 12. The number of fused-ring (bicyclic) bond motifs is 3. The number of anilines is 2. The third kappa shape index (κ3) is 6.08. The molecular formula is C33H37N3O2. The van der Waals surface area contributed by atoms with Crippen molar-refractivity contribution in [1.29, 1.82) is 0 Å². The zero-order valence-corrected chi connectivity index (χ0v) is 22.2. The van der Waals surface area contributed by atoms with Crippen molar-refractivity contribution in [3.8, 4) is 0 Å². The number of para-hydroxylation sites is 4. The number of aliphatic hydroxyl groups is 1. The van der Waals surface area contributed by atoms with Crippen LogP contribution in [0.15, 0.2) is 109 Å². The van der Waals surface area contributed by atoms with Crippen LogP contribution in [-0.4, -0.2) is 47.6 Å². The topological polar surface area (TPSA) is 49.7 Å². The van der Waals surface area contributed by atoms with E-state index in [4.69, 9.17) is 4.74 Å². The highest BCUT2D eigenvalue weighted by Crippen LogP contribution is 2.30. The smallest absolute Gasteiger partial charge is 0.0934 e. The highest BCUT2D eigenvalue weighted by atomic mass is 16.5. The summed E-state index contributed by atoms with van der Waals surface area (Å²) in [6, 6.07) is 38.3. The van der Waals surface area contributed by atoms with E-state index in [-0.39, 0.29) is 12.7 Å². The Labute approximate surface area is 225 Å². The van der Waals surface area contributed by atoms with E-state index in [2.05, 4.69) is 126 Å². The maximum absolute atomic E-state index is 10.7. The van der Waals surface area contributed by atoms with Crippen LogP contribution in [0.2, 0.25) is 0 Å². The van der Waals surface area contributed by atoms with Gasteiger partial charge in [-0.3, -0.25) is 0 Å². The second-order valence-electron chi connectivity index (χ2n) is 10.1. The van der Waals surface area contributed by atoms with E-state index in [1.54, 1.807) is 0 Å². The van der Waals surface area contributed by atoms with E-state index in [1.807, 2.05) is 12.1 Å². The van der Waals surface area contributed by atoms with Gasteiger partial charge in [-0.05, 0) is 36.4 Å². The molecule has 0 bridgehead atoms. The first kappa shape index (κ1) is 26.0. The Morgan fingerprint density at radius 2 is 1.24 bits per heavy atom. The second kappa shape index (κ2) is 12.3. The van der Waals surface area contributed by atoms with Crippen LogP contribution in [0, 0.1) is 0 Å². The van der Waals surface area contributed by atoms with Crippen molar-refractivity contribution >= 4 is 33.2 Å². The van der Waals surface area contributed by atoms with Crippen LogP contribution in [0.5, 0.6) is 0 Å². The third-order valence-electron chi connectivity index (χ3n) is 6.87. The fourth-order valence-electron chi connectivity index (χ4n) is 5.02. The highest BCUT2D eigenvalue weighted by Gasteiger charge is 2.21. The van der Waals surface area contributed by atoms with Gasteiger partial charge in [-0.25, -0.2) is 0 Å². The molecule has 5 nitrogen and oxygen atoms in total. The van der Waals surface area contributed by atoms with Gasteiger partial charge in [-0.1, -0.05) is 86.6 Å². The summed E-state index contributed by atoms with van der Waals surface area (Å²) in [5, 5.41) is 16.5. The summed E-state index contributed by atoms with van der Waals surface area (Å²) in [5.41, 5.74) is 4.60. The van der Waals surface area contributed by atoms with Crippen LogP contribution in [0.1, 0.15) is 13.8 Å². The summed E-state index contributed by atoms with van der Waals surface area (Å²) in [4.78, 5) is 2.30. The number of nitrogens with zero attached hydrogens (tertiary/aromatic N) is 2. The average molecular weight is 508 g/mol. The van der Waals surface area contributed by atoms with Gasteiger partial charge in [-0.2, -0.15) is 0 Å². The lowest BCUT2D eigenvalue weighted by atomic mass is 10.2. The molecule has 0 unspecified atom stereocenters. The van der Waals surface area contributed by atoms with E-state index < -0.39 is 6.10 Å². The van der Waals surface area contributed by atoms with Crippen molar-refractivity contribution in [3.63, 3.8) is 0 Å². The third-order valence-corrected chi connectivity index (χ3v) is 6.87. The molecule has 5 aromatic rings. The van der Waals surface area contributed by atoms with Crippen LogP contribution in [0.3, 0.4) is 0 Å². The highest BCUT2D eigenvalue weighted by molar-refractivity contribution is 6.07. The van der Waals surface area contributed by atoms with Crippen LogP contribution < -0.4 is 10.2 Å². The quantitative estimate of drug-likeness (QED) is 0.206. The number of benzene rings is 4. The van der Waals surface area contributed by atoms with Gasteiger partial charge in [0.25, 0.3) is 0 Å². The Morgan fingerprint density at radius 1 is 0.737 bits per heavy atom. The molecule has 1 heterocycles. The molecule has 0 amide bonds. The molecule has 0 saturated heterocycles. The average Bonchev–Trinajstić information content (AvgIpc) is 3.27. The summed E-state index contributed by atoms with van der Waals surface area (Å²) in [7, 11) is 0. The predicted octanol–water partition coefficient (Wildman–Crippen LogP) is 6.38. The zero-order valence-electron chi connectivity index (χ0n) is 22.2. The summed E-state index contributed by atoms with van der Waals surface area (Å²) in [6.45, 7) is 6.22. The van der Waals surface area contributed by atoms with Gasteiger partial charge >= 0.3 is 0 Å². The molecule has 0 saturated carbocycles. The molecule has 0 aliphatic heterocycles. The molecule has 5 heteroatoms. The first-order valence-electron chi connectivity index (χ1n) is 13.5. The van der Waals surface area contributed by atoms with Crippen molar-refractivity contribution in [2.24, 2.45) is 0 Å². The van der Waals surface area contributed by atoms with Crippen LogP contribution in [-0.2, 0) is 11.3 Å². The Bertz CT molecular complexity index is 1340. The molecule has 0 aliphatic rings. The van der Waals surface area contributed by atoms with Crippen LogP contribution in [0.25, 0.3) is 21.8 Å². The molecule has 5 rings (SSSR count). The first-order valence-corrected chi connectivity index (χ1v) is 13.5. The Morgan fingerprint density at radius 3 is 1.76 bits per heavy atom. The van der Waals surface area contributed by atoms with E-state index in [0.29, 0.717) is 25.7 Å². The predicted molar refractivity (Wildman–Crippen MR) is 158 cm³/mol. The number of aromatic nitrogens is 1. The van der Waals surface area contributed by atoms with Gasteiger partial charge in [0.05, 0.1) is 31.9 Å². The molecule has 2 atom stereocenters. The van der Waals surface area contributed by atoms with Gasteiger partial charge in [0.1, 0.15) is 0 Å². The van der Waals surface area contributed by atoms with Gasteiger partial charge in [-0.15, -0.1) is 0 Å². The summed E-state index contributed by atoms with van der Waals surface area (Å²) >= 11 is 0. The van der Waals surface area contributed by atoms with Crippen molar-refractivity contribution in [1.82, 2.24) is 9.88 Å². The maximum Gasteiger partial charge on any atom is 0.0934 e. The SMILES string of the molecule is CC(C)NC[C@H](O)CO[C@H](CN(c1ccccc1)c1ccccc1)Cn1c2ccccc2c2ccccc21. The molecule has 1 aromatic heterocycles. The minimum absolute atomic E-state index is 0.177. The standard InChI is InChI=1S/C33H37N3O2/c1-25(2)34-21-28(37)24-38-29(22-35(26-13-5-3-6-14-26)27-15-7-4-8-16-27)23-36-32-19-11-9-17-30(32)31-18-10-12-20-33(31)36/h3-20,25,28-29,34,37H,21-24H2,1-2H3/t28-,29+/m0/s1. The molecule has 0 spiro atoms. The van der Waals surface area contributed by atoms with E-state index in [0.717, 1.165) is 11.4 Å². The first-order chi connectivity index (χ1) is 18.6. The van der Waals surface area contributed by atoms with Gasteiger partial charge < -0.3 is 24.6 Å². The molecule has 0 radical (unpaired) electrons. The van der Waals surface area contributed by atoms with Gasteiger partial charge in [0.15, 0.2) is 0 Å². The van der Waals surface area contributed by atoms with Crippen molar-refractivity contribution in [2.75, 3.05) is 24.6 Å². The number of nitrogens with one attached hydrogen (secondary N) is 1. The Balaban J connectivity index is 1.49. The Kier molecular flexibility index (Phi) is 8.39. The summed E-state index contributed by atoms with van der Waals surface area (Å²) in [5.74, 6) is 0. The van der Waals surface area contributed by atoms with E-state index in [9.17, 15) is 5.11 Å². The lowest BCUT2D eigenvalue weighted by molar-refractivity contribution is -0.0110. The number of ether oxygens (including phenoxy) is 1. The lowest BCUT2D eigenvalue weighted by Gasteiger charge is -2.31. The monoisotopic (exact) mass is 507 g/mol. The summed E-state index contributed by atoms with van der Waals surface area (Å²) < 4.78 is 8.89. The molecule has 2 N–H and O–H groups in total.